The van der Waals surface area contributed by atoms with Crippen molar-refractivity contribution in [1.29, 1.82) is 0 Å². The van der Waals surface area contributed by atoms with Gasteiger partial charge in [0.2, 0.25) is 0 Å². The van der Waals surface area contributed by atoms with Crippen LogP contribution in [0.2, 0.25) is 5.02 Å². The Morgan fingerprint density at radius 1 is 1.21 bits per heavy atom. The van der Waals surface area contributed by atoms with Crippen molar-refractivity contribution in [2.45, 2.75) is 62.7 Å². The maximum absolute atomic E-state index is 14.2. The van der Waals surface area contributed by atoms with Crippen molar-refractivity contribution < 1.29 is 13.6 Å². The molecule has 0 aliphatic heterocycles. The van der Waals surface area contributed by atoms with Gasteiger partial charge in [0, 0.05) is 22.7 Å². The predicted octanol–water partition coefficient (Wildman–Crippen LogP) is 4.00. The van der Waals surface area contributed by atoms with E-state index in [1.807, 2.05) is 0 Å². The van der Waals surface area contributed by atoms with Crippen LogP contribution in [0.25, 0.3) is 0 Å². The number of amides is 1. The zero-order chi connectivity index (χ0) is 17.2. The number of carbonyl (C=O) groups excluding carboxylic acids is 1. The van der Waals surface area contributed by atoms with Crippen molar-refractivity contribution in [2.75, 3.05) is 6.54 Å². The van der Waals surface area contributed by atoms with Crippen LogP contribution in [0, 0.1) is 5.82 Å². The minimum atomic E-state index is -0.971. The molecule has 2 aliphatic rings. The number of nitrogens with one attached hydrogen (secondary N) is 2. The highest BCUT2D eigenvalue weighted by Crippen LogP contribution is 2.36. The van der Waals surface area contributed by atoms with Gasteiger partial charge < -0.3 is 10.6 Å². The van der Waals surface area contributed by atoms with Crippen LogP contribution in [-0.4, -0.2) is 30.2 Å². The van der Waals surface area contributed by atoms with E-state index in [1.54, 1.807) is 0 Å². The van der Waals surface area contributed by atoms with Crippen LogP contribution in [0.15, 0.2) is 18.2 Å². The Kier molecular flexibility index (Phi) is 5.40. The smallest absolute Gasteiger partial charge is 0.251 e. The lowest BCUT2D eigenvalue weighted by atomic mass is 9.86. The van der Waals surface area contributed by atoms with Gasteiger partial charge in [-0.15, -0.1) is 0 Å². The second kappa shape index (κ2) is 7.36. The molecule has 0 radical (unpaired) electrons. The Morgan fingerprint density at radius 2 is 1.92 bits per heavy atom. The van der Waals surface area contributed by atoms with Gasteiger partial charge in [-0.25, -0.2) is 8.78 Å². The lowest BCUT2D eigenvalue weighted by Crippen LogP contribution is -2.52. The molecule has 0 aromatic heterocycles. The van der Waals surface area contributed by atoms with Crippen molar-refractivity contribution in [3.63, 3.8) is 0 Å². The number of hydrogen-bond donors (Lipinski definition) is 2. The summed E-state index contributed by atoms with van der Waals surface area (Å²) in [6.07, 6.45) is 5.57. The molecule has 2 fully saturated rings. The Balaban J connectivity index is 1.36. The molecule has 6 heteroatoms. The highest BCUT2D eigenvalue weighted by molar-refractivity contribution is 6.31. The van der Waals surface area contributed by atoms with E-state index in [1.165, 1.54) is 18.2 Å². The molecule has 2 N–H and O–H groups in total. The second-order valence-electron chi connectivity index (χ2n) is 7.06. The fraction of sp³-hybridized carbons (Fsp3) is 0.611. The molecule has 2 saturated carbocycles. The second-order valence-corrected chi connectivity index (χ2v) is 7.50. The number of benzene rings is 1. The third-order valence-corrected chi connectivity index (χ3v) is 5.32. The SMILES string of the molecule is O=C(N[C@H]1C[C@H](NCCC2(F)CCCC2)C1)c1cc(F)cc(Cl)c1. The maximum Gasteiger partial charge on any atom is 0.251 e. The van der Waals surface area contributed by atoms with E-state index < -0.39 is 11.5 Å². The van der Waals surface area contributed by atoms with Gasteiger partial charge in [-0.2, -0.15) is 0 Å². The first kappa shape index (κ1) is 17.6. The minimum Gasteiger partial charge on any atom is -0.349 e. The molecule has 0 unspecified atom stereocenters. The Hall–Kier alpha value is -1.20. The highest BCUT2D eigenvalue weighted by atomic mass is 35.5. The lowest BCUT2D eigenvalue weighted by Gasteiger charge is -2.37. The average molecular weight is 357 g/mol. The average Bonchev–Trinajstić information content (AvgIpc) is 2.90. The molecule has 0 saturated heterocycles. The summed E-state index contributed by atoms with van der Waals surface area (Å²) in [7, 11) is 0. The Bertz CT molecular complexity index is 578. The molecule has 1 amide bonds. The van der Waals surface area contributed by atoms with Gasteiger partial charge in [0.05, 0.1) is 0 Å². The van der Waals surface area contributed by atoms with Gasteiger partial charge in [0.25, 0.3) is 5.91 Å². The molecule has 3 nitrogen and oxygen atoms in total. The van der Waals surface area contributed by atoms with E-state index >= 15 is 0 Å². The maximum atomic E-state index is 14.2. The van der Waals surface area contributed by atoms with Crippen molar-refractivity contribution in [3.8, 4) is 0 Å². The number of hydrogen-bond acceptors (Lipinski definition) is 2. The molecule has 1 aromatic carbocycles. The van der Waals surface area contributed by atoms with Crippen LogP contribution in [0.4, 0.5) is 8.78 Å². The standard InChI is InChI=1S/C18H23ClF2N2O/c19-13-7-12(8-14(20)9-13)17(24)23-16-10-15(11-16)22-6-5-18(21)3-1-2-4-18/h7-9,15-16,22H,1-6,10-11H2,(H,23,24)/t15-,16-. The summed E-state index contributed by atoms with van der Waals surface area (Å²) in [5.74, 6) is -0.832. The van der Waals surface area contributed by atoms with Crippen LogP contribution in [0.1, 0.15) is 55.3 Å². The number of halogens is 3. The van der Waals surface area contributed by atoms with E-state index in [0.717, 1.165) is 25.7 Å². The largest absolute Gasteiger partial charge is 0.349 e. The molecule has 2 aliphatic carbocycles. The van der Waals surface area contributed by atoms with Gasteiger partial charge in [0.15, 0.2) is 0 Å². The van der Waals surface area contributed by atoms with E-state index in [-0.39, 0.29) is 22.5 Å². The molecule has 0 spiro atoms. The number of rotatable bonds is 6. The van der Waals surface area contributed by atoms with Gasteiger partial charge in [-0.05, 0) is 56.8 Å². The molecular formula is C18H23ClF2N2O. The van der Waals surface area contributed by atoms with Crippen LogP contribution in [0.3, 0.4) is 0 Å². The van der Waals surface area contributed by atoms with Crippen LogP contribution < -0.4 is 10.6 Å². The van der Waals surface area contributed by atoms with Crippen LogP contribution >= 0.6 is 11.6 Å². The summed E-state index contributed by atoms with van der Waals surface area (Å²) in [6, 6.07) is 4.19. The van der Waals surface area contributed by atoms with E-state index in [9.17, 15) is 13.6 Å². The van der Waals surface area contributed by atoms with Crippen molar-refractivity contribution in [2.24, 2.45) is 0 Å². The van der Waals surface area contributed by atoms with Crippen LogP contribution in [-0.2, 0) is 0 Å². The molecule has 0 heterocycles. The molecule has 0 bridgehead atoms. The van der Waals surface area contributed by atoms with E-state index in [0.29, 0.717) is 31.8 Å². The summed E-state index contributed by atoms with van der Waals surface area (Å²) in [5.41, 5.74) is -0.738. The first-order chi connectivity index (χ1) is 11.4. The zero-order valence-corrected chi connectivity index (χ0v) is 14.3. The van der Waals surface area contributed by atoms with E-state index in [4.69, 9.17) is 11.6 Å². The summed E-state index contributed by atoms with van der Waals surface area (Å²) < 4.78 is 27.5. The predicted molar refractivity (Wildman–Crippen MR) is 90.6 cm³/mol. The zero-order valence-electron chi connectivity index (χ0n) is 13.6. The molecule has 0 atom stereocenters. The van der Waals surface area contributed by atoms with E-state index in [2.05, 4.69) is 10.6 Å². The van der Waals surface area contributed by atoms with Gasteiger partial charge in [-0.3, -0.25) is 4.79 Å². The van der Waals surface area contributed by atoms with Gasteiger partial charge >= 0.3 is 0 Å². The summed E-state index contributed by atoms with van der Waals surface area (Å²) in [4.78, 5) is 12.1. The van der Waals surface area contributed by atoms with Crippen molar-refractivity contribution in [1.82, 2.24) is 10.6 Å². The number of carbonyl (C=O) groups is 1. The van der Waals surface area contributed by atoms with Gasteiger partial charge in [-0.1, -0.05) is 24.4 Å². The first-order valence-corrected chi connectivity index (χ1v) is 9.01. The number of alkyl halides is 1. The van der Waals surface area contributed by atoms with Crippen molar-refractivity contribution in [3.05, 3.63) is 34.6 Å². The normalized spacial score (nSPS) is 25.3. The summed E-state index contributed by atoms with van der Waals surface area (Å²) in [5, 5.41) is 6.45. The first-order valence-electron chi connectivity index (χ1n) is 8.63. The minimum absolute atomic E-state index is 0.0721. The molecule has 132 valence electrons. The molecule has 3 rings (SSSR count). The third kappa shape index (κ3) is 4.45. The lowest BCUT2D eigenvalue weighted by molar-refractivity contribution is 0.0899. The molecule has 24 heavy (non-hydrogen) atoms. The molecule has 1 aromatic rings. The van der Waals surface area contributed by atoms with Crippen LogP contribution in [0.5, 0.6) is 0 Å². The Labute approximate surface area is 146 Å². The van der Waals surface area contributed by atoms with Gasteiger partial charge in [0.1, 0.15) is 11.5 Å². The molecular weight excluding hydrogens is 334 g/mol. The Morgan fingerprint density at radius 3 is 2.58 bits per heavy atom. The highest BCUT2D eigenvalue weighted by Gasteiger charge is 2.34. The van der Waals surface area contributed by atoms with Crippen molar-refractivity contribution >= 4 is 17.5 Å². The summed E-state index contributed by atoms with van der Waals surface area (Å²) in [6.45, 7) is 0.682. The fourth-order valence-corrected chi connectivity index (χ4v) is 3.84. The fourth-order valence-electron chi connectivity index (χ4n) is 3.61. The quantitative estimate of drug-likeness (QED) is 0.808. The monoisotopic (exact) mass is 356 g/mol. The summed E-state index contributed by atoms with van der Waals surface area (Å²) >= 11 is 5.76. The topological polar surface area (TPSA) is 41.1 Å². The third-order valence-electron chi connectivity index (χ3n) is 5.10.